The fourth-order valence-corrected chi connectivity index (χ4v) is 3.66. The van der Waals surface area contributed by atoms with Crippen LogP contribution in [0.5, 0.6) is 0 Å². The lowest BCUT2D eigenvalue weighted by Crippen LogP contribution is -2.40. The van der Waals surface area contributed by atoms with Gasteiger partial charge in [-0.25, -0.2) is 0 Å². The molecule has 1 aromatic rings. The van der Waals surface area contributed by atoms with Crippen molar-refractivity contribution in [2.75, 3.05) is 6.54 Å². The lowest BCUT2D eigenvalue weighted by Gasteiger charge is -2.35. The van der Waals surface area contributed by atoms with Gasteiger partial charge < -0.3 is 4.80 Å². The Bertz CT molecular complexity index is 435. The number of hydrogen-bond donors (Lipinski definition) is 2. The molecule has 0 amide bonds. The van der Waals surface area contributed by atoms with Gasteiger partial charge in [0.1, 0.15) is 0 Å². The van der Waals surface area contributed by atoms with Crippen molar-refractivity contribution in [3.63, 3.8) is 0 Å². The molecule has 20 heavy (non-hydrogen) atoms. The quantitative estimate of drug-likeness (QED) is 0.417. The molecule has 0 saturated heterocycles. The van der Waals surface area contributed by atoms with Gasteiger partial charge in [-0.1, -0.05) is 52.0 Å². The lowest BCUT2D eigenvalue weighted by atomic mass is 9.84. The van der Waals surface area contributed by atoms with E-state index in [0.717, 1.165) is 13.0 Å². The van der Waals surface area contributed by atoms with Gasteiger partial charge in [0.2, 0.25) is 0 Å². The summed E-state index contributed by atoms with van der Waals surface area (Å²) in [5, 5.41) is -0.00615. The van der Waals surface area contributed by atoms with Gasteiger partial charge in [-0.05, 0) is 35.7 Å². The SMILES string of the molecule is CC(C)(CNI)c1ccc(CC(C)(C)[Si](C)(C)O)cc1. The van der Waals surface area contributed by atoms with E-state index in [-0.39, 0.29) is 10.5 Å². The molecule has 0 unspecified atom stereocenters. The first-order valence-electron chi connectivity index (χ1n) is 7.15. The van der Waals surface area contributed by atoms with E-state index in [4.69, 9.17) is 0 Å². The van der Waals surface area contributed by atoms with Crippen molar-refractivity contribution >= 4 is 31.2 Å². The Morgan fingerprint density at radius 3 is 2.00 bits per heavy atom. The largest absolute Gasteiger partial charge is 0.432 e. The summed E-state index contributed by atoms with van der Waals surface area (Å²) in [5.41, 5.74) is 2.80. The highest BCUT2D eigenvalue weighted by atomic mass is 127. The van der Waals surface area contributed by atoms with Crippen LogP contribution in [-0.2, 0) is 11.8 Å². The summed E-state index contributed by atoms with van der Waals surface area (Å²) in [6.07, 6.45) is 0.938. The van der Waals surface area contributed by atoms with Crippen molar-refractivity contribution in [2.45, 2.75) is 57.7 Å². The number of hydrogen-bond acceptors (Lipinski definition) is 2. The molecule has 0 aliphatic heterocycles. The third-order valence-corrected chi connectivity index (χ3v) is 8.42. The second-order valence-corrected chi connectivity index (χ2v) is 12.7. The Morgan fingerprint density at radius 2 is 1.60 bits per heavy atom. The van der Waals surface area contributed by atoms with Crippen molar-refractivity contribution in [2.24, 2.45) is 0 Å². The van der Waals surface area contributed by atoms with Crippen LogP contribution in [0.4, 0.5) is 0 Å². The zero-order valence-electron chi connectivity index (χ0n) is 13.5. The Balaban J connectivity index is 2.88. The predicted octanol–water partition coefficient (Wildman–Crippen LogP) is 4.42. The molecule has 0 aliphatic carbocycles. The Morgan fingerprint density at radius 1 is 1.10 bits per heavy atom. The van der Waals surface area contributed by atoms with Crippen LogP contribution < -0.4 is 3.53 Å². The molecule has 1 aromatic carbocycles. The number of halogens is 1. The van der Waals surface area contributed by atoms with Gasteiger partial charge in [-0.15, -0.1) is 0 Å². The van der Waals surface area contributed by atoms with Gasteiger partial charge in [-0.3, -0.25) is 3.53 Å². The minimum Gasteiger partial charge on any atom is -0.432 e. The molecular formula is C16H28INOSi. The molecular weight excluding hydrogens is 377 g/mol. The summed E-state index contributed by atoms with van der Waals surface area (Å²) in [5.74, 6) is 0. The van der Waals surface area contributed by atoms with E-state index in [1.807, 2.05) is 13.1 Å². The monoisotopic (exact) mass is 405 g/mol. The van der Waals surface area contributed by atoms with E-state index in [0.29, 0.717) is 0 Å². The lowest BCUT2D eigenvalue weighted by molar-refractivity contribution is 0.467. The zero-order valence-corrected chi connectivity index (χ0v) is 16.7. The Labute approximate surface area is 139 Å². The maximum absolute atomic E-state index is 10.4. The highest BCUT2D eigenvalue weighted by Gasteiger charge is 2.37. The molecule has 0 spiro atoms. The van der Waals surface area contributed by atoms with E-state index in [2.05, 4.69) is 78.4 Å². The first-order valence-corrected chi connectivity index (χ1v) is 11.2. The van der Waals surface area contributed by atoms with Crippen LogP contribution in [0, 0.1) is 0 Å². The third-order valence-electron chi connectivity index (χ3n) is 4.55. The fourth-order valence-electron chi connectivity index (χ4n) is 2.07. The molecule has 2 nitrogen and oxygen atoms in total. The fraction of sp³-hybridized carbons (Fsp3) is 0.625. The maximum atomic E-state index is 10.4. The normalized spacial score (nSPS) is 13.6. The summed E-state index contributed by atoms with van der Waals surface area (Å²) >= 11 is 2.20. The number of benzene rings is 1. The van der Waals surface area contributed by atoms with Crippen LogP contribution in [0.15, 0.2) is 24.3 Å². The van der Waals surface area contributed by atoms with E-state index in [1.54, 1.807) is 0 Å². The van der Waals surface area contributed by atoms with Crippen molar-refractivity contribution in [1.29, 1.82) is 0 Å². The summed E-state index contributed by atoms with van der Waals surface area (Å²) in [4.78, 5) is 10.4. The van der Waals surface area contributed by atoms with Crippen LogP contribution in [0.3, 0.4) is 0 Å². The molecule has 0 saturated carbocycles. The second kappa shape index (κ2) is 6.46. The van der Waals surface area contributed by atoms with Gasteiger partial charge in [-0.2, -0.15) is 0 Å². The maximum Gasteiger partial charge on any atom is 0.188 e. The first-order chi connectivity index (χ1) is 8.99. The van der Waals surface area contributed by atoms with Gasteiger partial charge in [0.05, 0.1) is 0 Å². The molecule has 2 N–H and O–H groups in total. The van der Waals surface area contributed by atoms with Crippen molar-refractivity contribution in [3.05, 3.63) is 35.4 Å². The average Bonchev–Trinajstić information content (AvgIpc) is 2.27. The third kappa shape index (κ3) is 4.54. The molecule has 1 rings (SSSR count). The predicted molar refractivity (Wildman–Crippen MR) is 98.9 cm³/mol. The highest BCUT2D eigenvalue weighted by molar-refractivity contribution is 14.1. The summed E-state index contributed by atoms with van der Waals surface area (Å²) in [7, 11) is -2.14. The van der Waals surface area contributed by atoms with Gasteiger partial charge in [0, 0.05) is 34.8 Å². The molecule has 0 radical (unpaired) electrons. The average molecular weight is 405 g/mol. The van der Waals surface area contributed by atoms with Crippen LogP contribution in [-0.4, -0.2) is 19.7 Å². The van der Waals surface area contributed by atoms with Gasteiger partial charge in [0.15, 0.2) is 8.32 Å². The van der Waals surface area contributed by atoms with Crippen LogP contribution >= 0.6 is 22.9 Å². The molecule has 0 aromatic heterocycles. The van der Waals surface area contributed by atoms with Crippen molar-refractivity contribution < 1.29 is 4.80 Å². The molecule has 4 heteroatoms. The van der Waals surface area contributed by atoms with Crippen molar-refractivity contribution in [1.82, 2.24) is 3.53 Å². The number of rotatable bonds is 6. The second-order valence-electron chi connectivity index (χ2n) is 7.51. The molecule has 114 valence electrons. The summed E-state index contributed by atoms with van der Waals surface area (Å²) < 4.78 is 3.22. The van der Waals surface area contributed by atoms with Crippen molar-refractivity contribution in [3.8, 4) is 0 Å². The van der Waals surface area contributed by atoms with Crippen LogP contribution in [0.1, 0.15) is 38.8 Å². The molecule has 0 atom stereocenters. The Kier molecular flexibility index (Phi) is 5.86. The summed E-state index contributed by atoms with van der Waals surface area (Å²) in [6.45, 7) is 13.9. The Hall–Kier alpha value is 0.0869. The van der Waals surface area contributed by atoms with E-state index in [1.165, 1.54) is 11.1 Å². The van der Waals surface area contributed by atoms with Crippen LogP contribution in [0.2, 0.25) is 18.1 Å². The first kappa shape index (κ1) is 18.1. The smallest absolute Gasteiger partial charge is 0.188 e. The van der Waals surface area contributed by atoms with Gasteiger partial charge in [0.25, 0.3) is 0 Å². The number of nitrogens with one attached hydrogen (secondary N) is 1. The van der Waals surface area contributed by atoms with E-state index in [9.17, 15) is 4.80 Å². The zero-order chi connectivity index (χ0) is 15.6. The van der Waals surface area contributed by atoms with E-state index >= 15 is 0 Å². The molecule has 0 aliphatic rings. The van der Waals surface area contributed by atoms with Crippen LogP contribution in [0.25, 0.3) is 0 Å². The van der Waals surface area contributed by atoms with Gasteiger partial charge >= 0.3 is 0 Å². The minimum atomic E-state index is -2.14. The molecule has 0 heterocycles. The topological polar surface area (TPSA) is 32.3 Å². The minimum absolute atomic E-state index is 0.00615. The standard InChI is InChI=1S/C16H28INOSi/c1-15(2,12-18-17)14-9-7-13(8-10-14)11-16(3,4)20(5,6)19/h7-10,18-19H,11-12H2,1-6H3. The molecule has 0 fully saturated rings. The molecule has 0 bridgehead atoms. The van der Waals surface area contributed by atoms with E-state index < -0.39 is 8.32 Å². The summed E-state index contributed by atoms with van der Waals surface area (Å²) in [6, 6.07) is 8.88. The highest BCUT2D eigenvalue weighted by Crippen LogP contribution is 2.38.